The number of aliphatic hydroxyl groups excluding tert-OH is 1. The van der Waals surface area contributed by atoms with E-state index in [1.54, 1.807) is 0 Å². The van der Waals surface area contributed by atoms with Crippen molar-refractivity contribution < 1.29 is 9.90 Å². The van der Waals surface area contributed by atoms with Gasteiger partial charge in [0.15, 0.2) is 5.78 Å². The lowest BCUT2D eigenvalue weighted by Crippen LogP contribution is -2.39. The summed E-state index contributed by atoms with van der Waals surface area (Å²) in [4.78, 5) is 14.8. The van der Waals surface area contributed by atoms with Crippen LogP contribution in [0.25, 0.3) is 0 Å². The molecule has 4 nitrogen and oxygen atoms in total. The van der Waals surface area contributed by atoms with Crippen molar-refractivity contribution >= 4 is 5.78 Å². The number of hydrogen-bond acceptors (Lipinski definition) is 3. The van der Waals surface area contributed by atoms with Crippen LogP contribution in [0.5, 0.6) is 0 Å². The number of Topliss-reactive ketones (excluding diaryl/α,β-unsaturated/α-hetero) is 1. The van der Waals surface area contributed by atoms with Crippen LogP contribution in [0.15, 0.2) is 18.7 Å². The Hall–Kier alpha value is -1.39. The normalized spacial score (nSPS) is 18.4. The number of likely N-dealkylation sites (tertiary alicyclic amines) is 1. The number of allylic oxidation sites excluding steroid dienone is 1. The first-order valence-electron chi connectivity index (χ1n) is 8.15. The Balaban J connectivity index is 1.99. The maximum Gasteiger partial charge on any atom is 0.178 e. The third kappa shape index (κ3) is 3.68. The van der Waals surface area contributed by atoms with Gasteiger partial charge in [0.05, 0.1) is 12.6 Å². The first-order valence-corrected chi connectivity index (χ1v) is 8.15. The van der Waals surface area contributed by atoms with Crippen molar-refractivity contribution in [1.82, 2.24) is 9.47 Å². The number of piperidine rings is 1. The molecule has 1 saturated heterocycles. The second-order valence-corrected chi connectivity index (χ2v) is 6.46. The van der Waals surface area contributed by atoms with Crippen LogP contribution in [-0.4, -0.2) is 46.1 Å². The standard InChI is InChI=1S/C18H28N2O2/c1-5-8-20-13(2)11-17(14(20)3)18(22)12-19-9-6-16(7-10-19)15(4)21/h5,11,15-16,21H,1,6-10,12H2,2-4H3. The van der Waals surface area contributed by atoms with Crippen LogP contribution in [0.4, 0.5) is 0 Å². The van der Waals surface area contributed by atoms with E-state index in [0.29, 0.717) is 12.5 Å². The Morgan fingerprint density at radius 2 is 2.09 bits per heavy atom. The fourth-order valence-corrected chi connectivity index (χ4v) is 3.38. The molecule has 122 valence electrons. The zero-order valence-electron chi connectivity index (χ0n) is 14.0. The number of carbonyl (C=O) groups is 1. The highest BCUT2D eigenvalue weighted by Crippen LogP contribution is 2.22. The Morgan fingerprint density at radius 3 is 2.64 bits per heavy atom. The van der Waals surface area contributed by atoms with Crippen molar-refractivity contribution in [2.75, 3.05) is 19.6 Å². The van der Waals surface area contributed by atoms with Gasteiger partial charge in [-0.25, -0.2) is 0 Å². The predicted octanol–water partition coefficient (Wildman–Crippen LogP) is 2.57. The number of ketones is 1. The summed E-state index contributed by atoms with van der Waals surface area (Å²) >= 11 is 0. The van der Waals surface area contributed by atoms with E-state index in [0.717, 1.165) is 49.4 Å². The van der Waals surface area contributed by atoms with E-state index in [9.17, 15) is 9.90 Å². The summed E-state index contributed by atoms with van der Waals surface area (Å²) in [6, 6.07) is 1.99. The van der Waals surface area contributed by atoms with Gasteiger partial charge < -0.3 is 9.67 Å². The fraction of sp³-hybridized carbons (Fsp3) is 0.611. The van der Waals surface area contributed by atoms with Crippen molar-refractivity contribution in [2.24, 2.45) is 5.92 Å². The number of hydrogen-bond donors (Lipinski definition) is 1. The summed E-state index contributed by atoms with van der Waals surface area (Å²) in [5.41, 5.74) is 2.96. The van der Waals surface area contributed by atoms with Gasteiger partial charge in [0.2, 0.25) is 0 Å². The highest BCUT2D eigenvalue weighted by molar-refractivity contribution is 5.99. The zero-order chi connectivity index (χ0) is 16.3. The van der Waals surface area contributed by atoms with E-state index >= 15 is 0 Å². The fourth-order valence-electron chi connectivity index (χ4n) is 3.38. The predicted molar refractivity (Wildman–Crippen MR) is 89.3 cm³/mol. The molecule has 4 heteroatoms. The van der Waals surface area contributed by atoms with Gasteiger partial charge in [0.25, 0.3) is 0 Å². The van der Waals surface area contributed by atoms with Gasteiger partial charge in [0, 0.05) is 23.5 Å². The van der Waals surface area contributed by atoms with Gasteiger partial charge in [-0.05, 0) is 58.7 Å². The van der Waals surface area contributed by atoms with E-state index in [1.807, 2.05) is 32.9 Å². The minimum absolute atomic E-state index is 0.193. The molecule has 22 heavy (non-hydrogen) atoms. The van der Waals surface area contributed by atoms with E-state index in [2.05, 4.69) is 16.0 Å². The molecule has 0 amide bonds. The van der Waals surface area contributed by atoms with Crippen LogP contribution in [-0.2, 0) is 6.54 Å². The van der Waals surface area contributed by atoms with E-state index in [4.69, 9.17) is 0 Å². The highest BCUT2D eigenvalue weighted by atomic mass is 16.3. The van der Waals surface area contributed by atoms with Gasteiger partial charge in [-0.1, -0.05) is 6.08 Å². The van der Waals surface area contributed by atoms with Crippen molar-refractivity contribution in [2.45, 2.75) is 46.3 Å². The molecule has 1 N–H and O–H groups in total. The molecule has 0 aliphatic carbocycles. The SMILES string of the molecule is C=CCn1c(C)cc(C(=O)CN2CCC(C(C)O)CC2)c1C. The number of aryl methyl sites for hydroxylation is 1. The monoisotopic (exact) mass is 304 g/mol. The van der Waals surface area contributed by atoms with E-state index in [-0.39, 0.29) is 11.9 Å². The lowest BCUT2D eigenvalue weighted by molar-refractivity contribution is 0.0664. The molecular formula is C18H28N2O2. The van der Waals surface area contributed by atoms with Crippen LogP contribution in [0.1, 0.15) is 41.5 Å². The molecule has 0 aromatic carbocycles. The van der Waals surface area contributed by atoms with E-state index in [1.165, 1.54) is 0 Å². The minimum atomic E-state index is -0.240. The molecule has 0 spiro atoms. The van der Waals surface area contributed by atoms with Crippen molar-refractivity contribution in [3.05, 3.63) is 35.7 Å². The average Bonchev–Trinajstić information content (AvgIpc) is 2.76. The zero-order valence-corrected chi connectivity index (χ0v) is 14.0. The molecule has 1 aliphatic heterocycles. The van der Waals surface area contributed by atoms with Gasteiger partial charge in [0.1, 0.15) is 0 Å². The molecule has 2 rings (SSSR count). The highest BCUT2D eigenvalue weighted by Gasteiger charge is 2.25. The summed E-state index contributed by atoms with van der Waals surface area (Å²) in [7, 11) is 0. The number of nitrogens with zero attached hydrogens (tertiary/aromatic N) is 2. The first kappa shape index (κ1) is 17.0. The molecule has 0 saturated carbocycles. The maximum absolute atomic E-state index is 12.6. The molecule has 2 heterocycles. The molecule has 0 radical (unpaired) electrons. The average molecular weight is 304 g/mol. The van der Waals surface area contributed by atoms with Gasteiger partial charge in [-0.2, -0.15) is 0 Å². The third-order valence-electron chi connectivity index (χ3n) is 4.87. The number of aromatic nitrogens is 1. The van der Waals surface area contributed by atoms with Gasteiger partial charge in [-0.3, -0.25) is 9.69 Å². The molecule has 1 unspecified atom stereocenters. The van der Waals surface area contributed by atoms with Crippen molar-refractivity contribution in [1.29, 1.82) is 0 Å². The van der Waals surface area contributed by atoms with Gasteiger partial charge >= 0.3 is 0 Å². The Bertz CT molecular complexity index is 538. The second-order valence-electron chi connectivity index (χ2n) is 6.46. The summed E-state index contributed by atoms with van der Waals surface area (Å²) in [6.07, 6.45) is 3.56. The first-order chi connectivity index (χ1) is 10.4. The van der Waals surface area contributed by atoms with Gasteiger partial charge in [-0.15, -0.1) is 6.58 Å². The smallest absolute Gasteiger partial charge is 0.178 e. The third-order valence-corrected chi connectivity index (χ3v) is 4.87. The number of aliphatic hydroxyl groups is 1. The van der Waals surface area contributed by atoms with Crippen LogP contribution >= 0.6 is 0 Å². The lowest BCUT2D eigenvalue weighted by atomic mass is 9.92. The van der Waals surface area contributed by atoms with Crippen molar-refractivity contribution in [3.63, 3.8) is 0 Å². The summed E-state index contributed by atoms with van der Waals surface area (Å²) in [6.45, 7) is 12.7. The summed E-state index contributed by atoms with van der Waals surface area (Å²) in [5, 5.41) is 9.65. The molecular weight excluding hydrogens is 276 g/mol. The molecule has 1 atom stereocenters. The van der Waals surface area contributed by atoms with Crippen molar-refractivity contribution in [3.8, 4) is 0 Å². The largest absolute Gasteiger partial charge is 0.393 e. The Kier molecular flexibility index (Phi) is 5.59. The Morgan fingerprint density at radius 1 is 1.45 bits per heavy atom. The topological polar surface area (TPSA) is 45.5 Å². The summed E-state index contributed by atoms with van der Waals surface area (Å²) < 4.78 is 2.12. The van der Waals surface area contributed by atoms with Crippen LogP contribution < -0.4 is 0 Å². The quantitative estimate of drug-likeness (QED) is 0.649. The second kappa shape index (κ2) is 7.25. The van der Waals surface area contributed by atoms with Crippen LogP contribution in [0, 0.1) is 19.8 Å². The molecule has 1 aromatic heterocycles. The number of rotatable bonds is 6. The molecule has 1 aromatic rings. The minimum Gasteiger partial charge on any atom is -0.393 e. The molecule has 0 bridgehead atoms. The van der Waals surface area contributed by atoms with Crippen LogP contribution in [0.2, 0.25) is 0 Å². The summed E-state index contributed by atoms with van der Waals surface area (Å²) in [5.74, 6) is 0.572. The molecule has 1 aliphatic rings. The Labute approximate surface area is 133 Å². The maximum atomic E-state index is 12.6. The molecule has 1 fully saturated rings. The van der Waals surface area contributed by atoms with E-state index < -0.39 is 0 Å². The lowest BCUT2D eigenvalue weighted by Gasteiger charge is -2.32. The number of carbonyl (C=O) groups excluding carboxylic acids is 1. The van der Waals surface area contributed by atoms with Crippen LogP contribution in [0.3, 0.4) is 0 Å².